The highest BCUT2D eigenvalue weighted by Gasteiger charge is 2.30. The van der Waals surface area contributed by atoms with E-state index in [0.717, 1.165) is 95.8 Å². The SMILES string of the molecule is CCCCCCCCCCCCCC(=O)OC[C@H](COP(=O)(O)OC[C@@H](O)COP(=O)(O)OC[C@@H](COC(=O)CCCCCCCCCCCC)OC(=O)CCCCCCCCCCCC)OC(=O)CCCCCCCCCCC(C)CC. The van der Waals surface area contributed by atoms with E-state index in [1.807, 2.05) is 0 Å². The number of phosphoric acid groups is 2. The second-order valence-corrected chi connectivity index (χ2v) is 26.3. The zero-order valence-electron chi connectivity index (χ0n) is 53.3. The van der Waals surface area contributed by atoms with Crippen molar-refractivity contribution in [3.63, 3.8) is 0 Å². The number of hydrogen-bond acceptors (Lipinski definition) is 15. The van der Waals surface area contributed by atoms with Gasteiger partial charge in [0.1, 0.15) is 19.3 Å². The first-order valence-corrected chi connectivity index (χ1v) is 36.7. The van der Waals surface area contributed by atoms with Gasteiger partial charge >= 0.3 is 39.5 Å². The molecule has 0 rings (SSSR count). The van der Waals surface area contributed by atoms with Gasteiger partial charge < -0.3 is 33.8 Å². The highest BCUT2D eigenvalue weighted by molar-refractivity contribution is 7.47. The number of unbranched alkanes of at least 4 members (excludes halogenated alkanes) is 35. The maximum atomic E-state index is 13.0. The van der Waals surface area contributed by atoms with Gasteiger partial charge in [-0.1, -0.05) is 272 Å². The van der Waals surface area contributed by atoms with E-state index >= 15 is 0 Å². The van der Waals surface area contributed by atoms with Gasteiger partial charge in [0.15, 0.2) is 12.2 Å². The van der Waals surface area contributed by atoms with Crippen molar-refractivity contribution in [3.05, 3.63) is 0 Å². The molecule has 0 saturated heterocycles. The zero-order valence-corrected chi connectivity index (χ0v) is 55.1. The lowest BCUT2D eigenvalue weighted by Crippen LogP contribution is -2.30. The fraction of sp³-hybridized carbons (Fsp3) is 0.938. The lowest BCUT2D eigenvalue weighted by atomic mass is 9.99. The van der Waals surface area contributed by atoms with Crippen molar-refractivity contribution >= 4 is 39.5 Å². The normalized spacial score (nSPS) is 14.6. The number of aliphatic hydroxyl groups is 1. The number of ether oxygens (including phenoxy) is 4. The summed E-state index contributed by atoms with van der Waals surface area (Å²) in [7, 11) is -9.88. The molecule has 19 heteroatoms. The van der Waals surface area contributed by atoms with Crippen LogP contribution >= 0.6 is 15.6 Å². The summed E-state index contributed by atoms with van der Waals surface area (Å²) in [6.07, 6.45) is 41.5. The largest absolute Gasteiger partial charge is 0.472 e. The minimum atomic E-state index is -4.94. The van der Waals surface area contributed by atoms with Crippen LogP contribution in [-0.2, 0) is 65.4 Å². The molecule has 0 aliphatic rings. The molecule has 6 atom stereocenters. The van der Waals surface area contributed by atoms with Crippen molar-refractivity contribution < 1.29 is 80.2 Å². The van der Waals surface area contributed by atoms with Crippen molar-refractivity contribution in [2.45, 2.75) is 342 Å². The molecule has 17 nitrogen and oxygen atoms in total. The van der Waals surface area contributed by atoms with Crippen molar-refractivity contribution in [2.24, 2.45) is 5.92 Å². The highest BCUT2D eigenvalue weighted by atomic mass is 31.2. The summed E-state index contributed by atoms with van der Waals surface area (Å²) >= 11 is 0. The van der Waals surface area contributed by atoms with Crippen LogP contribution in [0.4, 0.5) is 0 Å². The van der Waals surface area contributed by atoms with Gasteiger partial charge in [0, 0.05) is 25.7 Å². The average Bonchev–Trinajstić information content (AvgIpc) is 3.46. The molecule has 0 saturated carbocycles. The summed E-state index contributed by atoms with van der Waals surface area (Å²) < 4.78 is 68.0. The average molecular weight is 1230 g/mol. The van der Waals surface area contributed by atoms with E-state index in [2.05, 4.69) is 34.6 Å². The molecule has 3 unspecified atom stereocenters. The van der Waals surface area contributed by atoms with Gasteiger partial charge in [0.2, 0.25) is 0 Å². The predicted molar refractivity (Wildman–Crippen MR) is 331 cm³/mol. The Morgan fingerprint density at radius 3 is 0.855 bits per heavy atom. The fourth-order valence-corrected chi connectivity index (χ4v) is 11.1. The van der Waals surface area contributed by atoms with Gasteiger partial charge in [-0.3, -0.25) is 37.3 Å². The van der Waals surface area contributed by atoms with E-state index in [0.29, 0.717) is 25.7 Å². The number of carbonyl (C=O) groups excluding carboxylic acids is 4. The van der Waals surface area contributed by atoms with Crippen molar-refractivity contribution in [1.29, 1.82) is 0 Å². The van der Waals surface area contributed by atoms with Gasteiger partial charge in [-0.25, -0.2) is 9.13 Å². The quantitative estimate of drug-likeness (QED) is 0.0222. The third kappa shape index (κ3) is 57.6. The molecular formula is C64H124O17P2. The Kier molecular flexibility index (Phi) is 56.4. The molecule has 0 bridgehead atoms. The lowest BCUT2D eigenvalue weighted by molar-refractivity contribution is -0.161. The molecule has 0 aliphatic heterocycles. The van der Waals surface area contributed by atoms with Crippen LogP contribution < -0.4 is 0 Å². The number of aliphatic hydroxyl groups excluding tert-OH is 1. The molecule has 83 heavy (non-hydrogen) atoms. The first-order valence-electron chi connectivity index (χ1n) is 33.7. The predicted octanol–water partition coefficient (Wildman–Crippen LogP) is 17.8. The number of carbonyl (C=O) groups is 4. The zero-order chi connectivity index (χ0) is 61.3. The Hall–Kier alpha value is -1.94. The summed E-state index contributed by atoms with van der Waals surface area (Å²) in [4.78, 5) is 72.2. The smallest absolute Gasteiger partial charge is 0.462 e. The molecule has 0 radical (unpaired) electrons. The van der Waals surface area contributed by atoms with Crippen LogP contribution in [0.1, 0.15) is 324 Å². The Labute approximate surface area is 505 Å². The Balaban J connectivity index is 5.24. The van der Waals surface area contributed by atoms with Gasteiger partial charge in [0.25, 0.3) is 0 Å². The highest BCUT2D eigenvalue weighted by Crippen LogP contribution is 2.45. The molecule has 0 spiro atoms. The maximum Gasteiger partial charge on any atom is 0.472 e. The van der Waals surface area contributed by atoms with Crippen LogP contribution in [0.5, 0.6) is 0 Å². The molecule has 0 fully saturated rings. The minimum Gasteiger partial charge on any atom is -0.462 e. The molecule has 492 valence electrons. The Morgan fingerprint density at radius 2 is 0.578 bits per heavy atom. The first-order chi connectivity index (χ1) is 40.1. The third-order valence-corrected chi connectivity index (χ3v) is 17.0. The van der Waals surface area contributed by atoms with E-state index in [4.69, 9.17) is 37.0 Å². The van der Waals surface area contributed by atoms with Crippen LogP contribution in [0.25, 0.3) is 0 Å². The number of hydrogen-bond donors (Lipinski definition) is 3. The second kappa shape index (κ2) is 57.8. The fourth-order valence-electron chi connectivity index (χ4n) is 9.55. The van der Waals surface area contributed by atoms with E-state index in [1.54, 1.807) is 0 Å². The molecule has 0 aromatic rings. The summed E-state index contributed by atoms with van der Waals surface area (Å²) in [5.41, 5.74) is 0. The second-order valence-electron chi connectivity index (χ2n) is 23.4. The van der Waals surface area contributed by atoms with Crippen molar-refractivity contribution in [1.82, 2.24) is 0 Å². The Bertz CT molecular complexity index is 1620. The maximum absolute atomic E-state index is 13.0. The first kappa shape index (κ1) is 81.1. The van der Waals surface area contributed by atoms with Crippen LogP contribution in [0.3, 0.4) is 0 Å². The van der Waals surface area contributed by atoms with Crippen molar-refractivity contribution in [2.75, 3.05) is 39.6 Å². The number of phosphoric ester groups is 2. The van der Waals surface area contributed by atoms with E-state index < -0.39 is 97.5 Å². The van der Waals surface area contributed by atoms with Gasteiger partial charge in [-0.2, -0.15) is 0 Å². The molecule has 0 heterocycles. The standard InChI is InChI=1S/C64H124O17P2/c1-6-10-13-16-19-22-25-28-33-38-43-48-62(67)75-54-60(81-64(69)50-45-40-35-30-29-31-36-41-46-57(5)9-4)56-79-83(72,73)77-52-58(65)51-76-82(70,71)78-55-59(80-63(68)49-44-39-34-27-24-21-18-15-12-8-3)53-74-61(66)47-42-37-32-26-23-20-17-14-11-7-2/h57-60,65H,6-56H2,1-5H3,(H,70,71)(H,72,73)/t57?,58-,59+,60+/m0/s1. The van der Waals surface area contributed by atoms with Crippen LogP contribution in [0, 0.1) is 5.92 Å². The van der Waals surface area contributed by atoms with Gasteiger partial charge in [0.05, 0.1) is 26.4 Å². The summed E-state index contributed by atoms with van der Waals surface area (Å²) in [5.74, 6) is -1.36. The third-order valence-electron chi connectivity index (χ3n) is 15.1. The molecule has 0 amide bonds. The van der Waals surface area contributed by atoms with E-state index in [9.17, 15) is 43.2 Å². The van der Waals surface area contributed by atoms with Crippen LogP contribution in [0.2, 0.25) is 0 Å². The number of rotatable bonds is 64. The number of esters is 4. The molecule has 0 aromatic heterocycles. The molecule has 3 N–H and O–H groups in total. The summed E-state index contributed by atoms with van der Waals surface area (Å²) in [5, 5.41) is 10.5. The van der Waals surface area contributed by atoms with Gasteiger partial charge in [-0.05, 0) is 31.6 Å². The molecule has 0 aliphatic carbocycles. The minimum absolute atomic E-state index is 0.105. The van der Waals surface area contributed by atoms with Crippen molar-refractivity contribution in [3.8, 4) is 0 Å². The topological polar surface area (TPSA) is 237 Å². The summed E-state index contributed by atoms with van der Waals surface area (Å²) in [6.45, 7) is 7.18. The van der Waals surface area contributed by atoms with Crippen LogP contribution in [-0.4, -0.2) is 96.7 Å². The Morgan fingerprint density at radius 1 is 0.337 bits per heavy atom. The monoisotopic (exact) mass is 1230 g/mol. The summed E-state index contributed by atoms with van der Waals surface area (Å²) in [6, 6.07) is 0. The van der Waals surface area contributed by atoms with Gasteiger partial charge in [-0.15, -0.1) is 0 Å². The van der Waals surface area contributed by atoms with E-state index in [1.165, 1.54) is 148 Å². The molecular weight excluding hydrogens is 1100 g/mol. The van der Waals surface area contributed by atoms with E-state index in [-0.39, 0.29) is 25.7 Å². The molecule has 0 aromatic carbocycles. The van der Waals surface area contributed by atoms with Crippen LogP contribution in [0.15, 0.2) is 0 Å². The lowest BCUT2D eigenvalue weighted by Gasteiger charge is -2.21.